The van der Waals surface area contributed by atoms with Crippen molar-refractivity contribution in [3.8, 4) is 5.75 Å². The van der Waals surface area contributed by atoms with E-state index >= 15 is 0 Å². The third-order valence-electron chi connectivity index (χ3n) is 2.98. The van der Waals surface area contributed by atoms with Gasteiger partial charge in [-0.15, -0.1) is 0 Å². The summed E-state index contributed by atoms with van der Waals surface area (Å²) in [5.74, 6) is -0.907. The van der Waals surface area contributed by atoms with Gasteiger partial charge in [0.1, 0.15) is 21.6 Å². The zero-order valence-electron chi connectivity index (χ0n) is 13.0. The molecule has 0 bridgehead atoms. The number of methoxy groups -OCH3 is 2. The Morgan fingerprint density at radius 2 is 1.96 bits per heavy atom. The van der Waals surface area contributed by atoms with Crippen LogP contribution in [-0.2, 0) is 19.4 Å². The summed E-state index contributed by atoms with van der Waals surface area (Å²) < 4.78 is 33.1. The molecule has 1 amide bonds. The molecule has 0 spiro atoms. The standard InChI is InChI=1S/C14H18INO6S/c1-21-12-8-9(4-5-10(12)15)13(17)16-11(14(18)22-2)6-7-23(3,19)20/h4-5,8,11H,6-7H2,1-3H3,(H,16,17)/t11-/m0/s1. The van der Waals surface area contributed by atoms with Crippen LogP contribution in [-0.4, -0.2) is 52.6 Å². The molecule has 7 nitrogen and oxygen atoms in total. The lowest BCUT2D eigenvalue weighted by molar-refractivity contribution is -0.142. The smallest absolute Gasteiger partial charge is 0.328 e. The number of esters is 1. The van der Waals surface area contributed by atoms with Gasteiger partial charge in [0.05, 0.1) is 23.5 Å². The molecule has 0 saturated heterocycles. The Morgan fingerprint density at radius 1 is 1.30 bits per heavy atom. The highest BCUT2D eigenvalue weighted by Crippen LogP contribution is 2.21. The van der Waals surface area contributed by atoms with E-state index in [1.165, 1.54) is 14.2 Å². The fourth-order valence-electron chi connectivity index (χ4n) is 1.77. The summed E-state index contributed by atoms with van der Waals surface area (Å²) >= 11 is 2.07. The molecule has 1 aromatic rings. The Bertz CT molecular complexity index is 689. The molecule has 128 valence electrons. The van der Waals surface area contributed by atoms with E-state index in [4.69, 9.17) is 4.74 Å². The number of carbonyl (C=O) groups excluding carboxylic acids is 2. The molecular weight excluding hydrogens is 437 g/mol. The van der Waals surface area contributed by atoms with E-state index in [-0.39, 0.29) is 12.2 Å². The molecule has 0 saturated carbocycles. The minimum Gasteiger partial charge on any atom is -0.496 e. The van der Waals surface area contributed by atoms with Crippen molar-refractivity contribution in [2.45, 2.75) is 12.5 Å². The predicted molar refractivity (Wildman–Crippen MR) is 93.3 cm³/mol. The largest absolute Gasteiger partial charge is 0.496 e. The van der Waals surface area contributed by atoms with Gasteiger partial charge >= 0.3 is 5.97 Å². The number of amides is 1. The fourth-order valence-corrected chi connectivity index (χ4v) is 2.99. The Kier molecular flexibility index (Phi) is 7.26. The number of carbonyl (C=O) groups is 2. The summed E-state index contributed by atoms with van der Waals surface area (Å²) in [7, 11) is -0.593. The molecule has 0 unspecified atom stereocenters. The summed E-state index contributed by atoms with van der Waals surface area (Å²) in [5.41, 5.74) is 0.301. The van der Waals surface area contributed by atoms with Gasteiger partial charge in [-0.25, -0.2) is 13.2 Å². The summed E-state index contributed by atoms with van der Waals surface area (Å²) in [6, 6.07) is 3.80. The second kappa shape index (κ2) is 8.48. The molecule has 0 aliphatic carbocycles. The minimum absolute atomic E-state index is 0.0568. The Labute approximate surface area is 148 Å². The Hall–Kier alpha value is -1.36. The number of nitrogens with one attached hydrogen (secondary N) is 1. The maximum Gasteiger partial charge on any atom is 0.328 e. The van der Waals surface area contributed by atoms with Crippen LogP contribution in [0.3, 0.4) is 0 Å². The number of hydrogen-bond donors (Lipinski definition) is 1. The van der Waals surface area contributed by atoms with Crippen LogP contribution < -0.4 is 10.1 Å². The molecule has 9 heteroatoms. The van der Waals surface area contributed by atoms with Crippen LogP contribution in [0, 0.1) is 3.57 Å². The van der Waals surface area contributed by atoms with Crippen LogP contribution in [0.15, 0.2) is 18.2 Å². The van der Waals surface area contributed by atoms with Crippen molar-refractivity contribution in [3.05, 3.63) is 27.3 Å². The number of hydrogen-bond acceptors (Lipinski definition) is 6. The third kappa shape index (κ3) is 6.34. The zero-order chi connectivity index (χ0) is 17.6. The lowest BCUT2D eigenvalue weighted by atomic mass is 10.1. The molecule has 1 rings (SSSR count). The van der Waals surface area contributed by atoms with Crippen molar-refractivity contribution in [1.29, 1.82) is 0 Å². The van der Waals surface area contributed by atoms with Crippen LogP contribution in [0.1, 0.15) is 16.8 Å². The number of sulfone groups is 1. The van der Waals surface area contributed by atoms with Crippen LogP contribution in [0.5, 0.6) is 5.75 Å². The monoisotopic (exact) mass is 455 g/mol. The minimum atomic E-state index is -3.26. The Morgan fingerprint density at radius 3 is 2.48 bits per heavy atom. The second-order valence-corrected chi connectivity index (χ2v) is 8.24. The molecule has 0 aliphatic heterocycles. The topological polar surface area (TPSA) is 98.8 Å². The van der Waals surface area contributed by atoms with Crippen molar-refractivity contribution < 1.29 is 27.5 Å². The van der Waals surface area contributed by atoms with Gasteiger partial charge in [0.2, 0.25) is 0 Å². The predicted octanol–water partition coefficient (Wildman–Crippen LogP) is 1.01. The van der Waals surface area contributed by atoms with Crippen molar-refractivity contribution in [2.75, 3.05) is 26.2 Å². The fraction of sp³-hybridized carbons (Fsp3) is 0.429. The first-order chi connectivity index (χ1) is 10.7. The van der Waals surface area contributed by atoms with Crippen molar-refractivity contribution in [1.82, 2.24) is 5.32 Å². The number of rotatable bonds is 7. The average Bonchev–Trinajstić information content (AvgIpc) is 2.49. The highest BCUT2D eigenvalue weighted by molar-refractivity contribution is 14.1. The maximum absolute atomic E-state index is 12.3. The summed E-state index contributed by atoms with van der Waals surface area (Å²) in [5, 5.41) is 2.49. The van der Waals surface area contributed by atoms with E-state index < -0.39 is 27.8 Å². The van der Waals surface area contributed by atoms with E-state index in [9.17, 15) is 18.0 Å². The quantitative estimate of drug-likeness (QED) is 0.487. The van der Waals surface area contributed by atoms with Gasteiger partial charge < -0.3 is 14.8 Å². The first-order valence-electron chi connectivity index (χ1n) is 6.58. The first-order valence-corrected chi connectivity index (χ1v) is 9.72. The summed E-state index contributed by atoms with van der Waals surface area (Å²) in [4.78, 5) is 24.0. The summed E-state index contributed by atoms with van der Waals surface area (Å²) in [6.45, 7) is 0. The molecule has 1 N–H and O–H groups in total. The second-order valence-electron chi connectivity index (χ2n) is 4.82. The zero-order valence-corrected chi connectivity index (χ0v) is 15.9. The molecule has 0 radical (unpaired) electrons. The Balaban J connectivity index is 2.90. The van der Waals surface area contributed by atoms with Gasteiger partial charge in [0.15, 0.2) is 0 Å². The summed E-state index contributed by atoms with van der Waals surface area (Å²) in [6.07, 6.45) is 1.01. The molecule has 1 aromatic carbocycles. The van der Waals surface area contributed by atoms with E-state index in [1.54, 1.807) is 18.2 Å². The lowest BCUT2D eigenvalue weighted by Crippen LogP contribution is -2.42. The molecule has 23 heavy (non-hydrogen) atoms. The van der Waals surface area contributed by atoms with Gasteiger partial charge in [-0.3, -0.25) is 4.79 Å². The molecule has 1 atom stereocenters. The number of ether oxygens (including phenoxy) is 2. The SMILES string of the molecule is COC(=O)[C@H](CCS(C)(=O)=O)NC(=O)c1ccc(I)c(OC)c1. The molecular formula is C14H18INO6S. The molecule has 0 aromatic heterocycles. The van der Waals surface area contributed by atoms with Crippen molar-refractivity contribution in [2.24, 2.45) is 0 Å². The van der Waals surface area contributed by atoms with E-state index in [1.807, 2.05) is 0 Å². The third-order valence-corrected chi connectivity index (χ3v) is 4.85. The van der Waals surface area contributed by atoms with Gasteiger partial charge in [-0.1, -0.05) is 0 Å². The highest BCUT2D eigenvalue weighted by Gasteiger charge is 2.24. The van der Waals surface area contributed by atoms with Crippen LogP contribution >= 0.6 is 22.6 Å². The lowest BCUT2D eigenvalue weighted by Gasteiger charge is -2.16. The van der Waals surface area contributed by atoms with Gasteiger partial charge in [0, 0.05) is 11.8 Å². The highest BCUT2D eigenvalue weighted by atomic mass is 127. The molecule has 0 heterocycles. The molecule has 0 aliphatic rings. The van der Waals surface area contributed by atoms with Crippen LogP contribution in [0.2, 0.25) is 0 Å². The number of benzene rings is 1. The van der Waals surface area contributed by atoms with E-state index in [0.717, 1.165) is 9.83 Å². The van der Waals surface area contributed by atoms with Crippen LogP contribution in [0.4, 0.5) is 0 Å². The first kappa shape index (κ1) is 19.7. The van der Waals surface area contributed by atoms with Crippen molar-refractivity contribution in [3.63, 3.8) is 0 Å². The van der Waals surface area contributed by atoms with Gasteiger partial charge in [-0.05, 0) is 47.2 Å². The van der Waals surface area contributed by atoms with Crippen LogP contribution in [0.25, 0.3) is 0 Å². The van der Waals surface area contributed by atoms with Gasteiger partial charge in [-0.2, -0.15) is 0 Å². The average molecular weight is 455 g/mol. The number of halogens is 1. The van der Waals surface area contributed by atoms with Crippen molar-refractivity contribution >= 4 is 44.3 Å². The molecule has 0 fully saturated rings. The van der Waals surface area contributed by atoms with Gasteiger partial charge in [0.25, 0.3) is 5.91 Å². The van der Waals surface area contributed by atoms with E-state index in [2.05, 4.69) is 32.6 Å². The maximum atomic E-state index is 12.3. The van der Waals surface area contributed by atoms with E-state index in [0.29, 0.717) is 11.3 Å². The normalized spacial score (nSPS) is 12.3.